The van der Waals surface area contributed by atoms with Crippen LogP contribution in [0.2, 0.25) is 0 Å². The number of aromatic nitrogens is 2. The van der Waals surface area contributed by atoms with Crippen molar-refractivity contribution in [3.8, 4) is 0 Å². The summed E-state index contributed by atoms with van der Waals surface area (Å²) in [6.07, 6.45) is 1.97. The van der Waals surface area contributed by atoms with E-state index < -0.39 is 10.7 Å². The molecule has 1 atom stereocenters. The lowest BCUT2D eigenvalue weighted by atomic mass is 10.2. The van der Waals surface area contributed by atoms with Crippen molar-refractivity contribution >= 4 is 16.6 Å². The molecule has 2 heterocycles. The van der Waals surface area contributed by atoms with Gasteiger partial charge in [0.05, 0.1) is 34.9 Å². The zero-order chi connectivity index (χ0) is 16.6. The Kier molecular flexibility index (Phi) is 3.87. The van der Waals surface area contributed by atoms with Crippen LogP contribution in [0.4, 0.5) is 5.69 Å². The van der Waals surface area contributed by atoms with Crippen LogP contribution in [-0.4, -0.2) is 33.0 Å². The zero-order valence-electron chi connectivity index (χ0n) is 12.9. The molecule has 122 valence electrons. The fourth-order valence-electron chi connectivity index (χ4n) is 2.61. The second-order valence-corrected chi connectivity index (χ2v) is 5.94. The summed E-state index contributed by atoms with van der Waals surface area (Å²) in [4.78, 5) is 27.0. The molecule has 0 aliphatic carbocycles. The number of hydrogen-bond acceptors (Lipinski definition) is 6. The smallest absolute Gasteiger partial charge is 0.270 e. The average molecular weight is 319 g/mol. The predicted octanol–water partition coefficient (Wildman–Crippen LogP) is 1.85. The molecule has 1 aliphatic heterocycles. The van der Waals surface area contributed by atoms with Crippen LogP contribution in [0.5, 0.6) is 0 Å². The first-order valence-electron chi connectivity index (χ1n) is 7.31. The molecule has 1 aliphatic rings. The Labute approximate surface area is 131 Å². The van der Waals surface area contributed by atoms with Gasteiger partial charge in [-0.15, -0.1) is 0 Å². The summed E-state index contributed by atoms with van der Waals surface area (Å²) in [6.45, 7) is 4.58. The molecule has 23 heavy (non-hydrogen) atoms. The molecule has 0 radical (unpaired) electrons. The largest absolute Gasteiger partial charge is 0.348 e. The third-order valence-electron chi connectivity index (χ3n) is 3.78. The van der Waals surface area contributed by atoms with Crippen LogP contribution in [0.1, 0.15) is 20.3 Å². The summed E-state index contributed by atoms with van der Waals surface area (Å²) < 4.78 is 12.6. The minimum atomic E-state index is -0.599. The third-order valence-corrected chi connectivity index (χ3v) is 3.78. The van der Waals surface area contributed by atoms with Crippen molar-refractivity contribution < 1.29 is 14.4 Å². The Bertz CT molecular complexity index is 814. The lowest BCUT2D eigenvalue weighted by Crippen LogP contribution is -2.25. The molecule has 2 aromatic rings. The van der Waals surface area contributed by atoms with Gasteiger partial charge in [-0.2, -0.15) is 0 Å². The van der Waals surface area contributed by atoms with Crippen LogP contribution in [0.25, 0.3) is 10.9 Å². The lowest BCUT2D eigenvalue weighted by Gasteiger charge is -2.17. The summed E-state index contributed by atoms with van der Waals surface area (Å²) in [5, 5.41) is 11.1. The molecule has 0 spiro atoms. The van der Waals surface area contributed by atoms with Crippen LogP contribution >= 0.6 is 0 Å². The normalized spacial score (nSPS) is 20.0. The number of nitrogens with zero attached hydrogens (tertiary/aromatic N) is 3. The molecule has 1 aromatic carbocycles. The number of nitro groups is 1. The SMILES string of the molecule is CC1(C)OCC(CCn2cnc3ccc([N+](=O)[O-])cc3c2=O)O1. The number of benzene rings is 1. The number of hydrogen-bond donors (Lipinski definition) is 0. The molecule has 0 amide bonds. The van der Waals surface area contributed by atoms with Crippen molar-refractivity contribution in [2.75, 3.05) is 6.61 Å². The maximum Gasteiger partial charge on any atom is 0.270 e. The summed E-state index contributed by atoms with van der Waals surface area (Å²) in [5.74, 6) is -0.599. The minimum absolute atomic E-state index is 0.0855. The van der Waals surface area contributed by atoms with Crippen molar-refractivity contribution in [2.24, 2.45) is 0 Å². The molecule has 1 unspecified atom stereocenters. The summed E-state index contributed by atoms with van der Waals surface area (Å²) in [7, 11) is 0. The van der Waals surface area contributed by atoms with Gasteiger partial charge >= 0.3 is 0 Å². The average Bonchev–Trinajstić information content (AvgIpc) is 2.85. The molecule has 3 rings (SSSR count). The Hall–Kier alpha value is -2.32. The first kappa shape index (κ1) is 15.6. The monoisotopic (exact) mass is 319 g/mol. The molecule has 1 fully saturated rings. The highest BCUT2D eigenvalue weighted by atomic mass is 16.7. The minimum Gasteiger partial charge on any atom is -0.348 e. The lowest BCUT2D eigenvalue weighted by molar-refractivity contribution is -0.384. The van der Waals surface area contributed by atoms with Crippen LogP contribution in [0, 0.1) is 10.1 Å². The van der Waals surface area contributed by atoms with E-state index in [0.29, 0.717) is 25.1 Å². The van der Waals surface area contributed by atoms with E-state index >= 15 is 0 Å². The van der Waals surface area contributed by atoms with E-state index in [-0.39, 0.29) is 22.7 Å². The van der Waals surface area contributed by atoms with Gasteiger partial charge in [-0.1, -0.05) is 0 Å². The van der Waals surface area contributed by atoms with Crippen LogP contribution in [0.15, 0.2) is 29.3 Å². The van der Waals surface area contributed by atoms with Crippen LogP contribution in [0.3, 0.4) is 0 Å². The van der Waals surface area contributed by atoms with Crippen LogP contribution < -0.4 is 5.56 Å². The Morgan fingerprint density at radius 3 is 2.91 bits per heavy atom. The number of rotatable bonds is 4. The van der Waals surface area contributed by atoms with Crippen molar-refractivity contribution in [2.45, 2.75) is 38.7 Å². The Morgan fingerprint density at radius 1 is 1.48 bits per heavy atom. The van der Waals surface area contributed by atoms with E-state index in [2.05, 4.69) is 4.98 Å². The van der Waals surface area contributed by atoms with Gasteiger partial charge in [0.15, 0.2) is 5.79 Å². The topological polar surface area (TPSA) is 96.5 Å². The number of aryl methyl sites for hydroxylation is 1. The van der Waals surface area contributed by atoms with E-state index in [9.17, 15) is 14.9 Å². The van der Waals surface area contributed by atoms with Gasteiger partial charge in [0.1, 0.15) is 0 Å². The van der Waals surface area contributed by atoms with E-state index in [1.807, 2.05) is 13.8 Å². The quantitative estimate of drug-likeness (QED) is 0.630. The number of ether oxygens (including phenoxy) is 2. The summed E-state index contributed by atoms with van der Waals surface area (Å²) in [6, 6.07) is 4.08. The summed E-state index contributed by atoms with van der Waals surface area (Å²) in [5.41, 5.74) is 0.0266. The number of nitro benzene ring substituents is 1. The first-order valence-corrected chi connectivity index (χ1v) is 7.31. The molecule has 1 aromatic heterocycles. The molecule has 1 saturated heterocycles. The van der Waals surface area contributed by atoms with Gasteiger partial charge < -0.3 is 9.47 Å². The second-order valence-electron chi connectivity index (χ2n) is 5.94. The van der Waals surface area contributed by atoms with Gasteiger partial charge in [0.25, 0.3) is 11.2 Å². The number of non-ortho nitro benzene ring substituents is 1. The van der Waals surface area contributed by atoms with E-state index in [1.54, 1.807) is 0 Å². The molecular weight excluding hydrogens is 302 g/mol. The van der Waals surface area contributed by atoms with Crippen molar-refractivity contribution in [3.05, 3.63) is 45.0 Å². The van der Waals surface area contributed by atoms with E-state index in [0.717, 1.165) is 0 Å². The number of fused-ring (bicyclic) bond motifs is 1. The van der Waals surface area contributed by atoms with Crippen LogP contribution in [-0.2, 0) is 16.0 Å². The standard InChI is InChI=1S/C15H17N3O5/c1-15(2)22-8-11(23-15)5-6-17-9-16-13-4-3-10(18(20)21)7-12(13)14(17)19/h3-4,7,9,11H,5-6,8H2,1-2H3. The molecule has 0 bridgehead atoms. The molecule has 0 N–H and O–H groups in total. The molecule has 8 heteroatoms. The fraction of sp³-hybridized carbons (Fsp3) is 0.467. The second kappa shape index (κ2) is 5.71. The molecule has 0 saturated carbocycles. The summed E-state index contributed by atoms with van der Waals surface area (Å²) >= 11 is 0. The van der Waals surface area contributed by atoms with Gasteiger partial charge in [0.2, 0.25) is 0 Å². The fourth-order valence-corrected chi connectivity index (χ4v) is 2.61. The highest BCUT2D eigenvalue weighted by Crippen LogP contribution is 2.24. The van der Waals surface area contributed by atoms with Gasteiger partial charge in [-0.25, -0.2) is 4.98 Å². The van der Waals surface area contributed by atoms with Crippen molar-refractivity contribution in [3.63, 3.8) is 0 Å². The zero-order valence-corrected chi connectivity index (χ0v) is 12.9. The highest BCUT2D eigenvalue weighted by Gasteiger charge is 2.32. The van der Waals surface area contributed by atoms with Gasteiger partial charge in [0, 0.05) is 18.7 Å². The third kappa shape index (κ3) is 3.22. The first-order chi connectivity index (χ1) is 10.9. The molecule has 8 nitrogen and oxygen atoms in total. The van der Waals surface area contributed by atoms with Crippen molar-refractivity contribution in [1.82, 2.24) is 9.55 Å². The Morgan fingerprint density at radius 2 is 2.26 bits per heavy atom. The maximum absolute atomic E-state index is 12.5. The van der Waals surface area contributed by atoms with Gasteiger partial charge in [-0.05, 0) is 26.3 Å². The predicted molar refractivity (Wildman–Crippen MR) is 82.2 cm³/mol. The maximum atomic E-state index is 12.5. The van der Waals surface area contributed by atoms with Crippen molar-refractivity contribution in [1.29, 1.82) is 0 Å². The molecular formula is C15H17N3O5. The van der Waals surface area contributed by atoms with Gasteiger partial charge in [-0.3, -0.25) is 19.5 Å². The highest BCUT2D eigenvalue weighted by molar-refractivity contribution is 5.79. The van der Waals surface area contributed by atoms with E-state index in [1.165, 1.54) is 29.1 Å². The Balaban J connectivity index is 1.83. The van der Waals surface area contributed by atoms with E-state index in [4.69, 9.17) is 9.47 Å².